The first-order valence-electron chi connectivity index (χ1n) is 3.50. The van der Waals surface area contributed by atoms with Gasteiger partial charge in [-0.3, -0.25) is 0 Å². The van der Waals surface area contributed by atoms with Crippen LogP contribution in [0.4, 0.5) is 0 Å². The van der Waals surface area contributed by atoms with Crippen molar-refractivity contribution >= 4 is 0 Å². The highest BCUT2D eigenvalue weighted by molar-refractivity contribution is 4.77. The Kier molecular flexibility index (Phi) is 3.88. The van der Waals surface area contributed by atoms with Gasteiger partial charge in [0, 0.05) is 0 Å². The Hall–Kier alpha value is -0.0400. The zero-order valence-electron chi connectivity index (χ0n) is 6.27. The highest BCUT2D eigenvalue weighted by Gasteiger charge is 2.31. The van der Waals surface area contributed by atoms with Gasteiger partial charge in [0.25, 0.3) is 0 Å². The third-order valence-corrected chi connectivity index (χ3v) is 1.24. The first kappa shape index (κ1) is 7.96. The Morgan fingerprint density at radius 1 is 1.38 bits per heavy atom. The van der Waals surface area contributed by atoms with Gasteiger partial charge in [0.05, 0.1) is 12.2 Å². The summed E-state index contributed by atoms with van der Waals surface area (Å²) in [6.07, 6.45) is 2.35. The van der Waals surface area contributed by atoms with E-state index in [-0.39, 0.29) is 0 Å². The van der Waals surface area contributed by atoms with Crippen LogP contribution in [0, 0.1) is 0 Å². The van der Waals surface area contributed by atoms with Crippen molar-refractivity contribution < 1.29 is 4.74 Å². The minimum absolute atomic E-state index is 0.565. The van der Waals surface area contributed by atoms with E-state index in [1.54, 1.807) is 0 Å². The zero-order chi connectivity index (χ0) is 6.57. The van der Waals surface area contributed by atoms with E-state index >= 15 is 0 Å². The minimum Gasteiger partial charge on any atom is -0.370 e. The lowest BCUT2D eigenvalue weighted by molar-refractivity contribution is 0.375. The van der Waals surface area contributed by atoms with Crippen molar-refractivity contribution in [1.82, 2.24) is 0 Å². The molecule has 0 spiro atoms. The highest BCUT2D eigenvalue weighted by Crippen LogP contribution is 2.22. The van der Waals surface area contributed by atoms with Crippen LogP contribution in [-0.2, 0) is 4.74 Å². The second-order valence-corrected chi connectivity index (χ2v) is 1.79. The van der Waals surface area contributed by atoms with E-state index in [4.69, 9.17) is 4.74 Å². The third kappa shape index (κ3) is 2.31. The van der Waals surface area contributed by atoms with Crippen LogP contribution in [0.25, 0.3) is 0 Å². The lowest BCUT2D eigenvalue weighted by Crippen LogP contribution is -1.81. The maximum atomic E-state index is 5.07. The summed E-state index contributed by atoms with van der Waals surface area (Å²) in [4.78, 5) is 0. The molecule has 1 aliphatic heterocycles. The van der Waals surface area contributed by atoms with Crippen molar-refractivity contribution in [3.8, 4) is 0 Å². The van der Waals surface area contributed by atoms with Crippen LogP contribution in [0.15, 0.2) is 0 Å². The predicted molar refractivity (Wildman–Crippen MR) is 36.0 cm³/mol. The standard InChI is InChI=1S/C5H10O.C2H6/c1-3-5-4(2)6-5;1-2/h4-5H,3H2,1-2H3;1-2H3. The van der Waals surface area contributed by atoms with Gasteiger partial charge < -0.3 is 4.74 Å². The van der Waals surface area contributed by atoms with E-state index in [9.17, 15) is 0 Å². The maximum absolute atomic E-state index is 5.07. The first-order valence-corrected chi connectivity index (χ1v) is 3.50. The predicted octanol–water partition coefficient (Wildman–Crippen LogP) is 2.21. The molecule has 1 aliphatic rings. The fraction of sp³-hybridized carbons (Fsp3) is 1.00. The Balaban J connectivity index is 0.000000222. The molecule has 2 unspecified atom stereocenters. The van der Waals surface area contributed by atoms with Crippen molar-refractivity contribution in [2.45, 2.75) is 46.3 Å². The molecule has 0 amide bonds. The molecule has 1 heteroatoms. The summed E-state index contributed by atoms with van der Waals surface area (Å²) in [6.45, 7) is 8.25. The fourth-order valence-electron chi connectivity index (χ4n) is 0.659. The molecule has 1 saturated heterocycles. The monoisotopic (exact) mass is 116 g/mol. The number of hydrogen-bond donors (Lipinski definition) is 0. The molecule has 8 heavy (non-hydrogen) atoms. The largest absolute Gasteiger partial charge is 0.370 e. The third-order valence-electron chi connectivity index (χ3n) is 1.24. The van der Waals surface area contributed by atoms with E-state index in [2.05, 4.69) is 13.8 Å². The number of hydrogen-bond acceptors (Lipinski definition) is 1. The SMILES string of the molecule is CC.CCC1OC1C. The van der Waals surface area contributed by atoms with Crippen molar-refractivity contribution in [3.63, 3.8) is 0 Å². The van der Waals surface area contributed by atoms with E-state index in [1.165, 1.54) is 6.42 Å². The summed E-state index contributed by atoms with van der Waals surface area (Å²) in [5, 5.41) is 0. The molecular formula is C7H16O. The number of rotatable bonds is 1. The Labute approximate surface area is 52.0 Å². The first-order chi connectivity index (χ1) is 3.84. The lowest BCUT2D eigenvalue weighted by Gasteiger charge is -1.72. The zero-order valence-corrected chi connectivity index (χ0v) is 6.27. The smallest absolute Gasteiger partial charge is 0.0836 e. The van der Waals surface area contributed by atoms with Crippen molar-refractivity contribution in [2.75, 3.05) is 0 Å². The van der Waals surface area contributed by atoms with Gasteiger partial charge in [0.15, 0.2) is 0 Å². The molecule has 0 radical (unpaired) electrons. The minimum atomic E-state index is 0.565. The molecule has 2 atom stereocenters. The van der Waals surface area contributed by atoms with Crippen LogP contribution in [-0.4, -0.2) is 12.2 Å². The van der Waals surface area contributed by atoms with Crippen LogP contribution in [0.5, 0.6) is 0 Å². The van der Waals surface area contributed by atoms with Gasteiger partial charge in [0.2, 0.25) is 0 Å². The molecule has 1 fully saturated rings. The van der Waals surface area contributed by atoms with Gasteiger partial charge >= 0.3 is 0 Å². The van der Waals surface area contributed by atoms with Crippen molar-refractivity contribution in [3.05, 3.63) is 0 Å². The second kappa shape index (κ2) is 3.90. The van der Waals surface area contributed by atoms with Gasteiger partial charge in [-0.1, -0.05) is 20.8 Å². The van der Waals surface area contributed by atoms with Crippen LogP contribution in [0.3, 0.4) is 0 Å². The molecule has 0 aromatic carbocycles. The topological polar surface area (TPSA) is 12.5 Å². The average Bonchev–Trinajstić information content (AvgIpc) is 2.52. The van der Waals surface area contributed by atoms with Crippen LogP contribution < -0.4 is 0 Å². The molecule has 50 valence electrons. The summed E-state index contributed by atoms with van der Waals surface area (Å²) in [7, 11) is 0. The van der Waals surface area contributed by atoms with Gasteiger partial charge in [-0.05, 0) is 13.3 Å². The maximum Gasteiger partial charge on any atom is 0.0836 e. The molecule has 0 bridgehead atoms. The lowest BCUT2D eigenvalue weighted by atomic mass is 10.3. The molecule has 1 nitrogen and oxygen atoms in total. The highest BCUT2D eigenvalue weighted by atomic mass is 16.6. The van der Waals surface area contributed by atoms with Crippen LogP contribution in [0.1, 0.15) is 34.1 Å². The van der Waals surface area contributed by atoms with Gasteiger partial charge in [-0.25, -0.2) is 0 Å². The van der Waals surface area contributed by atoms with Crippen molar-refractivity contribution in [2.24, 2.45) is 0 Å². The Morgan fingerprint density at radius 2 is 1.75 bits per heavy atom. The molecule has 0 aromatic rings. The number of epoxide rings is 1. The van der Waals surface area contributed by atoms with E-state index in [0.717, 1.165) is 0 Å². The molecule has 0 aliphatic carbocycles. The molecule has 0 aromatic heterocycles. The molecule has 1 rings (SSSR count). The average molecular weight is 116 g/mol. The summed E-state index contributed by atoms with van der Waals surface area (Å²) in [6, 6.07) is 0. The molecule has 1 heterocycles. The molecule has 0 N–H and O–H groups in total. The summed E-state index contributed by atoms with van der Waals surface area (Å²) in [5.74, 6) is 0. The van der Waals surface area contributed by atoms with Gasteiger partial charge in [0.1, 0.15) is 0 Å². The Bertz CT molecular complexity index is 50.3. The van der Waals surface area contributed by atoms with Crippen molar-refractivity contribution in [1.29, 1.82) is 0 Å². The summed E-state index contributed by atoms with van der Waals surface area (Å²) >= 11 is 0. The Morgan fingerprint density at radius 3 is 1.75 bits per heavy atom. The normalized spacial score (nSPS) is 33.0. The quantitative estimate of drug-likeness (QED) is 0.478. The fourth-order valence-corrected chi connectivity index (χ4v) is 0.659. The van der Waals surface area contributed by atoms with Gasteiger partial charge in [-0.2, -0.15) is 0 Å². The van der Waals surface area contributed by atoms with E-state index in [0.29, 0.717) is 12.2 Å². The molecular weight excluding hydrogens is 100 g/mol. The summed E-state index contributed by atoms with van der Waals surface area (Å²) in [5.41, 5.74) is 0. The van der Waals surface area contributed by atoms with E-state index < -0.39 is 0 Å². The van der Waals surface area contributed by atoms with Gasteiger partial charge in [-0.15, -0.1) is 0 Å². The summed E-state index contributed by atoms with van der Waals surface area (Å²) < 4.78 is 5.07. The van der Waals surface area contributed by atoms with Crippen LogP contribution >= 0.6 is 0 Å². The molecule has 0 saturated carbocycles. The van der Waals surface area contributed by atoms with E-state index in [1.807, 2.05) is 13.8 Å². The van der Waals surface area contributed by atoms with Crippen LogP contribution in [0.2, 0.25) is 0 Å². The second-order valence-electron chi connectivity index (χ2n) is 1.79. The number of ether oxygens (including phenoxy) is 1.